The van der Waals surface area contributed by atoms with Crippen LogP contribution >= 0.6 is 0 Å². The number of aliphatic hydroxyl groups is 2. The van der Waals surface area contributed by atoms with Crippen LogP contribution in [0.5, 0.6) is 0 Å². The summed E-state index contributed by atoms with van der Waals surface area (Å²) in [6.07, 6.45) is -2.89. The maximum absolute atomic E-state index is 10.8. The van der Waals surface area contributed by atoms with E-state index in [1.165, 1.54) is 12.1 Å². The predicted molar refractivity (Wildman–Crippen MR) is 63.9 cm³/mol. The van der Waals surface area contributed by atoms with Crippen LogP contribution in [-0.4, -0.2) is 31.4 Å². The molecule has 2 unspecified atom stereocenters. The van der Waals surface area contributed by atoms with Gasteiger partial charge in [0.25, 0.3) is 5.69 Å². The molecule has 8 nitrogen and oxygen atoms in total. The number of aromatic amines is 1. The van der Waals surface area contributed by atoms with Crippen LogP contribution in [0, 0.1) is 21.4 Å². The van der Waals surface area contributed by atoms with E-state index in [0.29, 0.717) is 5.39 Å². The molecular formula is C11H10N4O4. The summed E-state index contributed by atoms with van der Waals surface area (Å²) in [4.78, 5) is 10.2. The van der Waals surface area contributed by atoms with Crippen molar-refractivity contribution in [3.05, 3.63) is 34.0 Å². The standard InChI is InChI=1S/C11H10N4O4/c12-5-4-8(16)11(17)10-6-2-1-3-7(15(18)19)9(6)13-14-10/h1-3,8,11,16-17H,4H2,(H,13,14). The number of nitriles is 1. The molecule has 0 bridgehead atoms. The molecule has 0 aliphatic carbocycles. The van der Waals surface area contributed by atoms with Crippen LogP contribution in [0.3, 0.4) is 0 Å². The first-order valence-electron chi connectivity index (χ1n) is 5.40. The minimum absolute atomic E-state index is 0.103. The van der Waals surface area contributed by atoms with Gasteiger partial charge < -0.3 is 10.2 Å². The van der Waals surface area contributed by atoms with E-state index in [1.807, 2.05) is 0 Å². The van der Waals surface area contributed by atoms with Crippen molar-refractivity contribution in [1.29, 1.82) is 5.26 Å². The van der Waals surface area contributed by atoms with E-state index < -0.39 is 17.1 Å². The Morgan fingerprint density at radius 1 is 1.53 bits per heavy atom. The molecule has 0 radical (unpaired) electrons. The summed E-state index contributed by atoms with van der Waals surface area (Å²) in [5.74, 6) is 0. The number of benzene rings is 1. The van der Waals surface area contributed by atoms with Gasteiger partial charge in [0.15, 0.2) is 5.52 Å². The van der Waals surface area contributed by atoms with E-state index in [2.05, 4.69) is 10.2 Å². The summed E-state index contributed by atoms with van der Waals surface area (Å²) in [5.41, 5.74) is 0.0640. The number of hydrogen-bond acceptors (Lipinski definition) is 6. The fraction of sp³-hybridized carbons (Fsp3) is 0.273. The van der Waals surface area contributed by atoms with Crippen LogP contribution in [0.25, 0.3) is 10.9 Å². The molecular weight excluding hydrogens is 252 g/mol. The van der Waals surface area contributed by atoms with Gasteiger partial charge in [0.05, 0.1) is 29.2 Å². The average Bonchev–Trinajstić information content (AvgIpc) is 2.81. The van der Waals surface area contributed by atoms with Crippen LogP contribution in [0.1, 0.15) is 18.2 Å². The van der Waals surface area contributed by atoms with E-state index >= 15 is 0 Å². The molecule has 1 aromatic heterocycles. The number of aromatic nitrogens is 2. The lowest BCUT2D eigenvalue weighted by atomic mass is 10.0. The van der Waals surface area contributed by atoms with Crippen molar-refractivity contribution in [3.63, 3.8) is 0 Å². The summed E-state index contributed by atoms with van der Waals surface area (Å²) in [7, 11) is 0. The second kappa shape index (κ2) is 5.01. The first-order chi connectivity index (χ1) is 9.06. The summed E-state index contributed by atoms with van der Waals surface area (Å²) in [5, 5.41) is 45.4. The van der Waals surface area contributed by atoms with Crippen LogP contribution in [0.15, 0.2) is 18.2 Å². The Balaban J connectivity index is 2.50. The van der Waals surface area contributed by atoms with Crippen LogP contribution in [0.4, 0.5) is 5.69 Å². The van der Waals surface area contributed by atoms with E-state index in [9.17, 15) is 20.3 Å². The Bertz CT molecular complexity index is 660. The highest BCUT2D eigenvalue weighted by Gasteiger charge is 2.25. The lowest BCUT2D eigenvalue weighted by Gasteiger charge is -2.13. The number of hydrogen-bond donors (Lipinski definition) is 3. The van der Waals surface area contributed by atoms with Crippen molar-refractivity contribution in [2.24, 2.45) is 0 Å². The number of aliphatic hydroxyl groups excluding tert-OH is 2. The monoisotopic (exact) mass is 262 g/mol. The SMILES string of the molecule is N#CCC(O)C(O)c1[nH]nc2c([N+](=O)[O-])cccc12. The fourth-order valence-electron chi connectivity index (χ4n) is 1.81. The molecule has 98 valence electrons. The van der Waals surface area contributed by atoms with Crippen LogP contribution in [0.2, 0.25) is 0 Å². The zero-order valence-electron chi connectivity index (χ0n) is 9.65. The van der Waals surface area contributed by atoms with Gasteiger partial charge >= 0.3 is 0 Å². The number of nitro groups is 1. The van der Waals surface area contributed by atoms with Crippen molar-refractivity contribution in [3.8, 4) is 6.07 Å². The normalized spacial score (nSPS) is 13.9. The number of nitrogens with zero attached hydrogens (tertiary/aromatic N) is 3. The molecule has 0 amide bonds. The van der Waals surface area contributed by atoms with Crippen LogP contribution in [-0.2, 0) is 0 Å². The molecule has 0 aliphatic heterocycles. The predicted octanol–water partition coefficient (Wildman–Crippen LogP) is 0.779. The van der Waals surface area contributed by atoms with E-state index in [-0.39, 0.29) is 23.3 Å². The number of para-hydroxylation sites is 1. The molecule has 0 saturated heterocycles. The number of rotatable bonds is 4. The molecule has 19 heavy (non-hydrogen) atoms. The first-order valence-corrected chi connectivity index (χ1v) is 5.40. The third kappa shape index (κ3) is 2.24. The zero-order chi connectivity index (χ0) is 14.0. The second-order valence-corrected chi connectivity index (χ2v) is 3.94. The average molecular weight is 262 g/mol. The number of H-pyrrole nitrogens is 1. The molecule has 1 heterocycles. The van der Waals surface area contributed by atoms with Gasteiger partial charge in [-0.25, -0.2) is 0 Å². The Morgan fingerprint density at radius 3 is 2.89 bits per heavy atom. The Morgan fingerprint density at radius 2 is 2.26 bits per heavy atom. The van der Waals surface area contributed by atoms with Crippen molar-refractivity contribution in [1.82, 2.24) is 10.2 Å². The third-order valence-electron chi connectivity index (χ3n) is 2.75. The van der Waals surface area contributed by atoms with E-state index in [1.54, 1.807) is 12.1 Å². The Kier molecular flexibility index (Phi) is 3.41. The number of fused-ring (bicyclic) bond motifs is 1. The molecule has 0 spiro atoms. The van der Waals surface area contributed by atoms with Gasteiger partial charge in [-0.3, -0.25) is 15.2 Å². The lowest BCUT2D eigenvalue weighted by molar-refractivity contribution is -0.383. The summed E-state index contributed by atoms with van der Waals surface area (Å²) in [6, 6.07) is 6.04. The first kappa shape index (κ1) is 12.9. The molecule has 2 atom stereocenters. The van der Waals surface area contributed by atoms with Gasteiger partial charge in [-0.15, -0.1) is 0 Å². The topological polar surface area (TPSA) is 136 Å². The molecule has 0 saturated carbocycles. The highest BCUT2D eigenvalue weighted by molar-refractivity contribution is 5.89. The molecule has 0 aliphatic rings. The largest absolute Gasteiger partial charge is 0.389 e. The maximum atomic E-state index is 10.8. The minimum Gasteiger partial charge on any atom is -0.389 e. The molecule has 0 fully saturated rings. The Labute approximate surface area is 107 Å². The van der Waals surface area contributed by atoms with Crippen molar-refractivity contribution >= 4 is 16.6 Å². The van der Waals surface area contributed by atoms with Gasteiger partial charge in [-0.2, -0.15) is 10.4 Å². The molecule has 2 rings (SSSR count). The van der Waals surface area contributed by atoms with Crippen molar-refractivity contribution < 1.29 is 15.1 Å². The summed E-state index contributed by atoms with van der Waals surface area (Å²) >= 11 is 0. The number of nitro benzene ring substituents is 1. The number of nitrogens with one attached hydrogen (secondary N) is 1. The molecule has 3 N–H and O–H groups in total. The third-order valence-corrected chi connectivity index (χ3v) is 2.75. The molecule has 8 heteroatoms. The van der Waals surface area contributed by atoms with Gasteiger partial charge in [-0.1, -0.05) is 12.1 Å². The van der Waals surface area contributed by atoms with E-state index in [4.69, 9.17) is 5.26 Å². The van der Waals surface area contributed by atoms with Gasteiger partial charge in [0.2, 0.25) is 0 Å². The highest BCUT2D eigenvalue weighted by Crippen LogP contribution is 2.30. The van der Waals surface area contributed by atoms with Crippen molar-refractivity contribution in [2.75, 3.05) is 0 Å². The summed E-state index contributed by atoms with van der Waals surface area (Å²) < 4.78 is 0. The lowest BCUT2D eigenvalue weighted by Crippen LogP contribution is -2.18. The maximum Gasteiger partial charge on any atom is 0.297 e. The van der Waals surface area contributed by atoms with Crippen LogP contribution < -0.4 is 0 Å². The zero-order valence-corrected chi connectivity index (χ0v) is 9.65. The van der Waals surface area contributed by atoms with Crippen molar-refractivity contribution in [2.45, 2.75) is 18.6 Å². The second-order valence-electron chi connectivity index (χ2n) is 3.94. The summed E-state index contributed by atoms with van der Waals surface area (Å²) in [6.45, 7) is 0. The van der Waals surface area contributed by atoms with E-state index in [0.717, 1.165) is 0 Å². The van der Waals surface area contributed by atoms with Gasteiger partial charge in [-0.05, 0) is 0 Å². The smallest absolute Gasteiger partial charge is 0.297 e. The highest BCUT2D eigenvalue weighted by atomic mass is 16.6. The molecule has 2 aromatic rings. The quantitative estimate of drug-likeness (QED) is 0.550. The van der Waals surface area contributed by atoms with Gasteiger partial charge in [0.1, 0.15) is 6.10 Å². The number of non-ortho nitro benzene ring substituents is 1. The Hall–Kier alpha value is -2.50. The fourth-order valence-corrected chi connectivity index (χ4v) is 1.81. The molecule has 1 aromatic carbocycles. The minimum atomic E-state index is -1.35. The van der Waals surface area contributed by atoms with Gasteiger partial charge in [0, 0.05) is 11.5 Å².